The van der Waals surface area contributed by atoms with E-state index >= 15 is 0 Å². The average Bonchev–Trinajstić information content (AvgIpc) is 2.67. The lowest BCUT2D eigenvalue weighted by molar-refractivity contribution is -0.153. The molecule has 2 rings (SSSR count). The van der Waals surface area contributed by atoms with Gasteiger partial charge in [-0.1, -0.05) is 13.8 Å². The van der Waals surface area contributed by atoms with Gasteiger partial charge in [-0.05, 0) is 56.5 Å². The third kappa shape index (κ3) is 3.98. The molecule has 1 N–H and O–H groups in total. The van der Waals surface area contributed by atoms with E-state index in [4.69, 9.17) is 4.74 Å². The molecule has 3 atom stereocenters. The van der Waals surface area contributed by atoms with Gasteiger partial charge < -0.3 is 10.1 Å². The van der Waals surface area contributed by atoms with Crippen LogP contribution in [0.15, 0.2) is 0 Å². The Labute approximate surface area is 104 Å². The molecule has 3 nitrogen and oxygen atoms in total. The molecule has 17 heavy (non-hydrogen) atoms. The van der Waals surface area contributed by atoms with Crippen molar-refractivity contribution in [3.63, 3.8) is 0 Å². The van der Waals surface area contributed by atoms with Crippen LogP contribution in [0.4, 0.5) is 0 Å². The van der Waals surface area contributed by atoms with Crippen LogP contribution in [0.1, 0.15) is 46.0 Å². The number of rotatable bonds is 3. The fraction of sp³-hybridized carbons (Fsp3) is 0.929. The van der Waals surface area contributed by atoms with Crippen LogP contribution >= 0.6 is 0 Å². The Hall–Kier alpha value is -0.570. The lowest BCUT2D eigenvalue weighted by Crippen LogP contribution is -2.29. The van der Waals surface area contributed by atoms with Crippen molar-refractivity contribution in [3.05, 3.63) is 0 Å². The van der Waals surface area contributed by atoms with Gasteiger partial charge in [-0.3, -0.25) is 4.79 Å². The van der Waals surface area contributed by atoms with Crippen LogP contribution in [0.5, 0.6) is 0 Å². The van der Waals surface area contributed by atoms with Crippen molar-refractivity contribution in [1.82, 2.24) is 5.32 Å². The Kier molecular flexibility index (Phi) is 4.43. The summed E-state index contributed by atoms with van der Waals surface area (Å²) in [6, 6.07) is 0. The standard InChI is InChI=1S/C14H25NO2/c1-10-5-11(2)7-13(6-10)17-14(16)8-12-3-4-15-9-12/h10-13,15H,3-9H2,1-2H3. The van der Waals surface area contributed by atoms with Crippen molar-refractivity contribution < 1.29 is 9.53 Å². The summed E-state index contributed by atoms with van der Waals surface area (Å²) in [4.78, 5) is 11.8. The molecule has 1 saturated heterocycles. The molecule has 0 aromatic carbocycles. The fourth-order valence-electron chi connectivity index (χ4n) is 3.33. The monoisotopic (exact) mass is 239 g/mol. The van der Waals surface area contributed by atoms with Crippen molar-refractivity contribution in [2.24, 2.45) is 17.8 Å². The minimum absolute atomic E-state index is 0.0185. The number of hydrogen-bond donors (Lipinski definition) is 1. The molecule has 0 bridgehead atoms. The summed E-state index contributed by atoms with van der Waals surface area (Å²) in [5, 5.41) is 3.29. The van der Waals surface area contributed by atoms with Crippen LogP contribution in [-0.2, 0) is 9.53 Å². The summed E-state index contributed by atoms with van der Waals surface area (Å²) in [5.41, 5.74) is 0. The molecule has 3 heteroatoms. The molecular formula is C14H25NO2. The second kappa shape index (κ2) is 5.85. The predicted molar refractivity (Wildman–Crippen MR) is 67.7 cm³/mol. The van der Waals surface area contributed by atoms with E-state index in [9.17, 15) is 4.79 Å². The van der Waals surface area contributed by atoms with Gasteiger partial charge in [-0.2, -0.15) is 0 Å². The van der Waals surface area contributed by atoms with Crippen molar-refractivity contribution in [2.45, 2.75) is 52.1 Å². The molecule has 1 aliphatic carbocycles. The molecule has 0 spiro atoms. The first kappa shape index (κ1) is 12.9. The van der Waals surface area contributed by atoms with E-state index in [2.05, 4.69) is 19.2 Å². The molecule has 0 aromatic rings. The number of carbonyl (C=O) groups is 1. The highest BCUT2D eigenvalue weighted by Gasteiger charge is 2.27. The highest BCUT2D eigenvalue weighted by molar-refractivity contribution is 5.70. The van der Waals surface area contributed by atoms with Gasteiger partial charge in [0.25, 0.3) is 0 Å². The van der Waals surface area contributed by atoms with Gasteiger partial charge in [0, 0.05) is 6.42 Å². The van der Waals surface area contributed by atoms with E-state index in [-0.39, 0.29) is 12.1 Å². The largest absolute Gasteiger partial charge is 0.462 e. The maximum atomic E-state index is 11.8. The first-order valence-corrected chi connectivity index (χ1v) is 7.03. The second-order valence-electron chi connectivity index (χ2n) is 6.09. The molecule has 1 heterocycles. The highest BCUT2D eigenvalue weighted by Crippen LogP contribution is 2.30. The van der Waals surface area contributed by atoms with E-state index < -0.39 is 0 Å². The lowest BCUT2D eigenvalue weighted by atomic mass is 9.82. The molecule has 0 radical (unpaired) electrons. The quantitative estimate of drug-likeness (QED) is 0.768. The maximum Gasteiger partial charge on any atom is 0.306 e. The zero-order chi connectivity index (χ0) is 12.3. The summed E-state index contributed by atoms with van der Waals surface area (Å²) in [6.45, 7) is 6.55. The van der Waals surface area contributed by atoms with E-state index in [1.165, 1.54) is 6.42 Å². The van der Waals surface area contributed by atoms with Gasteiger partial charge in [0.2, 0.25) is 0 Å². The van der Waals surface area contributed by atoms with Crippen LogP contribution in [0.2, 0.25) is 0 Å². The molecular weight excluding hydrogens is 214 g/mol. The van der Waals surface area contributed by atoms with Crippen molar-refractivity contribution in [1.29, 1.82) is 0 Å². The SMILES string of the molecule is CC1CC(C)CC(OC(=O)CC2CCNC2)C1. The summed E-state index contributed by atoms with van der Waals surface area (Å²) in [5.74, 6) is 1.92. The predicted octanol–water partition coefficient (Wildman–Crippen LogP) is 2.35. The van der Waals surface area contributed by atoms with Crippen LogP contribution in [0.3, 0.4) is 0 Å². The van der Waals surface area contributed by atoms with Crippen molar-refractivity contribution in [2.75, 3.05) is 13.1 Å². The number of nitrogens with one attached hydrogen (secondary N) is 1. The van der Waals surface area contributed by atoms with Crippen molar-refractivity contribution in [3.8, 4) is 0 Å². The second-order valence-corrected chi connectivity index (χ2v) is 6.09. The minimum atomic E-state index is 0.0185. The third-order valence-corrected chi connectivity index (χ3v) is 4.05. The smallest absolute Gasteiger partial charge is 0.306 e. The topological polar surface area (TPSA) is 38.3 Å². The van der Waals surface area contributed by atoms with Gasteiger partial charge in [-0.15, -0.1) is 0 Å². The highest BCUT2D eigenvalue weighted by atomic mass is 16.5. The summed E-state index contributed by atoms with van der Waals surface area (Å²) >= 11 is 0. The van der Waals surface area contributed by atoms with Gasteiger partial charge in [-0.25, -0.2) is 0 Å². The number of esters is 1. The number of hydrogen-bond acceptors (Lipinski definition) is 3. The molecule has 2 aliphatic rings. The van der Waals surface area contributed by atoms with Gasteiger partial charge in [0.05, 0.1) is 0 Å². The summed E-state index contributed by atoms with van der Waals surface area (Å²) < 4.78 is 5.63. The molecule has 0 amide bonds. The Morgan fingerprint density at radius 1 is 1.24 bits per heavy atom. The fourth-order valence-corrected chi connectivity index (χ4v) is 3.33. The summed E-state index contributed by atoms with van der Waals surface area (Å²) in [7, 11) is 0. The number of ether oxygens (including phenoxy) is 1. The first-order valence-electron chi connectivity index (χ1n) is 7.03. The Balaban J connectivity index is 1.73. The number of carbonyl (C=O) groups excluding carboxylic acids is 1. The lowest BCUT2D eigenvalue weighted by Gasteiger charge is -2.31. The normalized spacial score (nSPS) is 38.0. The Morgan fingerprint density at radius 2 is 1.94 bits per heavy atom. The average molecular weight is 239 g/mol. The van der Waals surface area contributed by atoms with Crippen LogP contribution in [-0.4, -0.2) is 25.2 Å². The molecule has 98 valence electrons. The van der Waals surface area contributed by atoms with Crippen LogP contribution in [0.25, 0.3) is 0 Å². The molecule has 2 fully saturated rings. The molecule has 0 aromatic heterocycles. The van der Waals surface area contributed by atoms with Gasteiger partial charge >= 0.3 is 5.97 Å². The van der Waals surface area contributed by atoms with Crippen LogP contribution in [0, 0.1) is 17.8 Å². The van der Waals surface area contributed by atoms with E-state index in [1.54, 1.807) is 0 Å². The Morgan fingerprint density at radius 3 is 2.53 bits per heavy atom. The van der Waals surface area contributed by atoms with E-state index in [1.807, 2.05) is 0 Å². The third-order valence-electron chi connectivity index (χ3n) is 4.05. The van der Waals surface area contributed by atoms with Gasteiger partial charge in [0.1, 0.15) is 6.10 Å². The van der Waals surface area contributed by atoms with Crippen molar-refractivity contribution >= 4 is 5.97 Å². The zero-order valence-electron chi connectivity index (χ0n) is 11.1. The minimum Gasteiger partial charge on any atom is -0.462 e. The van der Waals surface area contributed by atoms with Gasteiger partial charge in [0.15, 0.2) is 0 Å². The first-order chi connectivity index (χ1) is 8.13. The maximum absolute atomic E-state index is 11.8. The Bertz CT molecular complexity index is 251. The molecule has 3 unspecified atom stereocenters. The van der Waals surface area contributed by atoms with Crippen LogP contribution < -0.4 is 5.32 Å². The summed E-state index contributed by atoms with van der Waals surface area (Å²) in [6.07, 6.45) is 5.29. The molecule has 1 aliphatic heterocycles. The van der Waals surface area contributed by atoms with E-state index in [0.717, 1.165) is 32.4 Å². The molecule has 1 saturated carbocycles. The zero-order valence-corrected chi connectivity index (χ0v) is 11.1. The van der Waals surface area contributed by atoms with E-state index in [0.29, 0.717) is 24.2 Å².